The van der Waals surface area contributed by atoms with E-state index in [4.69, 9.17) is 5.11 Å². The molecule has 0 radical (unpaired) electrons. The minimum Gasteiger partial charge on any atom is -0.392 e. The Bertz CT molecular complexity index is 671. The average Bonchev–Trinajstić information content (AvgIpc) is 2.54. The standard InChI is InChI=1S/C16H15FN2O3/c17-13-6-4-11(5-7-13)9-18-15(21)16(22)19-14-3-1-2-12(8-14)10-20/h1-8,20H,9-10H2,(H,18,21)(H,19,22). The normalized spacial score (nSPS) is 10.1. The van der Waals surface area contributed by atoms with Gasteiger partial charge in [0.15, 0.2) is 0 Å². The molecular formula is C16H15FN2O3. The van der Waals surface area contributed by atoms with Crippen molar-refractivity contribution >= 4 is 17.5 Å². The van der Waals surface area contributed by atoms with Crippen LogP contribution in [0, 0.1) is 5.82 Å². The lowest BCUT2D eigenvalue weighted by Gasteiger charge is -2.07. The lowest BCUT2D eigenvalue weighted by Crippen LogP contribution is -2.34. The molecule has 0 spiro atoms. The zero-order chi connectivity index (χ0) is 15.9. The van der Waals surface area contributed by atoms with E-state index in [1.165, 1.54) is 24.3 Å². The predicted molar refractivity (Wildman–Crippen MR) is 79.2 cm³/mol. The van der Waals surface area contributed by atoms with Crippen LogP contribution >= 0.6 is 0 Å². The van der Waals surface area contributed by atoms with E-state index in [0.29, 0.717) is 16.8 Å². The van der Waals surface area contributed by atoms with E-state index in [9.17, 15) is 14.0 Å². The van der Waals surface area contributed by atoms with Crippen molar-refractivity contribution in [2.24, 2.45) is 0 Å². The maximum Gasteiger partial charge on any atom is 0.313 e. The Kier molecular flexibility index (Phi) is 5.21. The quantitative estimate of drug-likeness (QED) is 0.750. The molecule has 2 aromatic carbocycles. The molecule has 2 aromatic rings. The Morgan fingerprint density at radius 3 is 2.41 bits per heavy atom. The molecule has 6 heteroatoms. The third-order valence-corrected chi connectivity index (χ3v) is 2.94. The summed E-state index contributed by atoms with van der Waals surface area (Å²) in [6.07, 6.45) is 0. The second-order valence-corrected chi connectivity index (χ2v) is 4.62. The van der Waals surface area contributed by atoms with E-state index in [0.717, 1.165) is 0 Å². The molecule has 0 aliphatic heterocycles. The highest BCUT2D eigenvalue weighted by molar-refractivity contribution is 6.39. The van der Waals surface area contributed by atoms with Crippen molar-refractivity contribution in [3.8, 4) is 0 Å². The van der Waals surface area contributed by atoms with Gasteiger partial charge < -0.3 is 15.7 Å². The number of aliphatic hydroxyl groups excluding tert-OH is 1. The molecule has 2 rings (SSSR count). The van der Waals surface area contributed by atoms with Gasteiger partial charge in [-0.1, -0.05) is 24.3 Å². The highest BCUT2D eigenvalue weighted by Gasteiger charge is 2.13. The molecule has 5 nitrogen and oxygen atoms in total. The number of halogens is 1. The first kappa shape index (κ1) is 15.7. The van der Waals surface area contributed by atoms with Gasteiger partial charge in [0.2, 0.25) is 0 Å². The summed E-state index contributed by atoms with van der Waals surface area (Å²) >= 11 is 0. The fraction of sp³-hybridized carbons (Fsp3) is 0.125. The summed E-state index contributed by atoms with van der Waals surface area (Å²) in [5.74, 6) is -1.97. The van der Waals surface area contributed by atoms with Crippen LogP contribution in [0.4, 0.5) is 10.1 Å². The van der Waals surface area contributed by atoms with Gasteiger partial charge in [-0.15, -0.1) is 0 Å². The Morgan fingerprint density at radius 2 is 1.73 bits per heavy atom. The van der Waals surface area contributed by atoms with Crippen molar-refractivity contribution in [1.29, 1.82) is 0 Å². The summed E-state index contributed by atoms with van der Waals surface area (Å²) in [7, 11) is 0. The third kappa shape index (κ3) is 4.39. The number of hydrogen-bond acceptors (Lipinski definition) is 3. The van der Waals surface area contributed by atoms with Crippen molar-refractivity contribution < 1.29 is 19.1 Å². The molecule has 0 saturated carbocycles. The Morgan fingerprint density at radius 1 is 1.00 bits per heavy atom. The molecular weight excluding hydrogens is 287 g/mol. The number of amides is 2. The number of hydrogen-bond donors (Lipinski definition) is 3. The Balaban J connectivity index is 1.89. The van der Waals surface area contributed by atoms with E-state index in [-0.39, 0.29) is 19.0 Å². The van der Waals surface area contributed by atoms with Crippen LogP contribution in [0.5, 0.6) is 0 Å². The smallest absolute Gasteiger partial charge is 0.313 e. The van der Waals surface area contributed by atoms with Crippen LogP contribution in [0.2, 0.25) is 0 Å². The fourth-order valence-corrected chi connectivity index (χ4v) is 1.80. The van der Waals surface area contributed by atoms with Gasteiger partial charge in [-0.05, 0) is 35.4 Å². The third-order valence-electron chi connectivity index (χ3n) is 2.94. The minimum absolute atomic E-state index is 0.128. The van der Waals surface area contributed by atoms with Gasteiger partial charge in [0, 0.05) is 12.2 Å². The predicted octanol–water partition coefficient (Wildman–Crippen LogP) is 1.57. The van der Waals surface area contributed by atoms with Gasteiger partial charge in [-0.2, -0.15) is 0 Å². The van der Waals surface area contributed by atoms with E-state index in [1.807, 2.05) is 0 Å². The van der Waals surface area contributed by atoms with E-state index in [2.05, 4.69) is 10.6 Å². The highest BCUT2D eigenvalue weighted by atomic mass is 19.1. The molecule has 0 saturated heterocycles. The number of nitrogens with one attached hydrogen (secondary N) is 2. The average molecular weight is 302 g/mol. The molecule has 0 fully saturated rings. The van der Waals surface area contributed by atoms with Crippen molar-refractivity contribution in [3.63, 3.8) is 0 Å². The number of carbonyl (C=O) groups is 2. The lowest BCUT2D eigenvalue weighted by molar-refractivity contribution is -0.136. The maximum absolute atomic E-state index is 12.7. The van der Waals surface area contributed by atoms with Crippen molar-refractivity contribution in [2.75, 3.05) is 5.32 Å². The zero-order valence-corrected chi connectivity index (χ0v) is 11.7. The first-order valence-electron chi connectivity index (χ1n) is 6.62. The van der Waals surface area contributed by atoms with Crippen LogP contribution in [0.3, 0.4) is 0 Å². The first-order chi connectivity index (χ1) is 10.6. The van der Waals surface area contributed by atoms with Gasteiger partial charge in [0.25, 0.3) is 0 Å². The molecule has 114 valence electrons. The van der Waals surface area contributed by atoms with Crippen LogP contribution < -0.4 is 10.6 Å². The molecule has 0 aromatic heterocycles. The molecule has 0 heterocycles. The first-order valence-corrected chi connectivity index (χ1v) is 6.62. The molecule has 3 N–H and O–H groups in total. The second-order valence-electron chi connectivity index (χ2n) is 4.62. The molecule has 0 aliphatic carbocycles. The van der Waals surface area contributed by atoms with Crippen LogP contribution in [-0.4, -0.2) is 16.9 Å². The maximum atomic E-state index is 12.7. The molecule has 2 amide bonds. The summed E-state index contributed by atoms with van der Waals surface area (Å²) in [5, 5.41) is 13.9. The number of rotatable bonds is 4. The van der Waals surface area contributed by atoms with Gasteiger partial charge in [-0.3, -0.25) is 9.59 Å². The van der Waals surface area contributed by atoms with E-state index in [1.54, 1.807) is 24.3 Å². The summed E-state index contributed by atoms with van der Waals surface area (Å²) in [6, 6.07) is 12.2. The van der Waals surface area contributed by atoms with Gasteiger partial charge in [-0.25, -0.2) is 4.39 Å². The molecule has 22 heavy (non-hydrogen) atoms. The van der Waals surface area contributed by atoms with Crippen LogP contribution in [0.25, 0.3) is 0 Å². The minimum atomic E-state index is -0.808. The lowest BCUT2D eigenvalue weighted by atomic mass is 10.2. The van der Waals surface area contributed by atoms with Gasteiger partial charge in [0.05, 0.1) is 6.61 Å². The SMILES string of the molecule is O=C(NCc1ccc(F)cc1)C(=O)Nc1cccc(CO)c1. The number of benzene rings is 2. The number of anilines is 1. The zero-order valence-electron chi connectivity index (χ0n) is 11.7. The van der Waals surface area contributed by atoms with E-state index < -0.39 is 11.8 Å². The highest BCUT2D eigenvalue weighted by Crippen LogP contribution is 2.10. The number of aliphatic hydroxyl groups is 1. The summed E-state index contributed by atoms with van der Waals surface area (Å²) in [5.41, 5.74) is 1.74. The number of carbonyl (C=O) groups excluding carboxylic acids is 2. The summed E-state index contributed by atoms with van der Waals surface area (Å²) in [4.78, 5) is 23.4. The van der Waals surface area contributed by atoms with Crippen molar-refractivity contribution in [3.05, 3.63) is 65.5 Å². The van der Waals surface area contributed by atoms with Crippen molar-refractivity contribution in [2.45, 2.75) is 13.2 Å². The van der Waals surface area contributed by atoms with Gasteiger partial charge in [0.1, 0.15) is 5.82 Å². The summed E-state index contributed by atoms with van der Waals surface area (Å²) < 4.78 is 12.7. The van der Waals surface area contributed by atoms with E-state index >= 15 is 0 Å². The largest absolute Gasteiger partial charge is 0.392 e. The molecule has 0 bridgehead atoms. The topological polar surface area (TPSA) is 78.4 Å². The fourth-order valence-electron chi connectivity index (χ4n) is 1.80. The monoisotopic (exact) mass is 302 g/mol. The Hall–Kier alpha value is -2.73. The molecule has 0 aliphatic rings. The van der Waals surface area contributed by atoms with Crippen LogP contribution in [0.1, 0.15) is 11.1 Å². The van der Waals surface area contributed by atoms with Crippen molar-refractivity contribution in [1.82, 2.24) is 5.32 Å². The molecule has 0 atom stereocenters. The van der Waals surface area contributed by atoms with Crippen LogP contribution in [0.15, 0.2) is 48.5 Å². The Labute approximate surface area is 126 Å². The second kappa shape index (κ2) is 7.33. The summed E-state index contributed by atoms with van der Waals surface area (Å²) in [6.45, 7) is -0.0241. The van der Waals surface area contributed by atoms with Crippen LogP contribution in [-0.2, 0) is 22.7 Å². The van der Waals surface area contributed by atoms with Gasteiger partial charge >= 0.3 is 11.8 Å². The molecule has 0 unspecified atom stereocenters.